The molecule has 780 valence electrons. The van der Waals surface area contributed by atoms with Crippen LogP contribution in [0.2, 0.25) is 0 Å². The molecule has 0 bridgehead atoms. The van der Waals surface area contributed by atoms with E-state index in [2.05, 4.69) is 188 Å². The largest absolute Gasteiger partial charge is 0.446 e. The van der Waals surface area contributed by atoms with Gasteiger partial charge >= 0.3 is 0 Å². The number of nitrogens with zero attached hydrogens (tertiary/aromatic N) is 33. The van der Waals surface area contributed by atoms with E-state index < -0.39 is 0 Å². The lowest BCUT2D eigenvalue weighted by Crippen LogP contribution is -2.19. The fourth-order valence-corrected chi connectivity index (χ4v) is 12.7. The molecule has 0 unspecified atom stereocenters. The Kier molecular flexibility index (Phi) is 38.7. The lowest BCUT2D eigenvalue weighted by atomic mass is 10.5. The summed E-state index contributed by atoms with van der Waals surface area (Å²) >= 11 is 3.25. The molecule has 32 N–H and O–H groups in total. The fourth-order valence-electron chi connectivity index (χ4n) is 11.1. The Balaban J connectivity index is 0.000000170. The molecule has 61 nitrogen and oxygen atoms in total. The summed E-state index contributed by atoms with van der Waals surface area (Å²) in [5, 5.41) is 30.9. The third-order valence-electron chi connectivity index (χ3n) is 17.9. The number of furan rings is 7. The smallest absolute Gasteiger partial charge is 0.238 e. The highest BCUT2D eigenvalue weighted by Crippen LogP contribution is 2.32. The number of nitrogens with one attached hydrogen (secondary N) is 10. The van der Waals surface area contributed by atoms with Crippen molar-refractivity contribution < 1.29 is 30.9 Å². The number of rotatable bonds is 25. The van der Waals surface area contributed by atoms with E-state index in [-0.39, 0.29) is 71.4 Å². The second kappa shape index (κ2) is 52.0. The first-order valence-corrected chi connectivity index (χ1v) is 45.3. The van der Waals surface area contributed by atoms with E-state index in [1.54, 1.807) is 97.9 Å². The van der Waals surface area contributed by atoms with Crippen molar-refractivity contribution in [3.63, 3.8) is 0 Å². The molecule has 0 fully saturated rings. The van der Waals surface area contributed by atoms with Crippen LogP contribution in [0.15, 0.2) is 140 Å². The van der Waals surface area contributed by atoms with Crippen molar-refractivity contribution in [3.05, 3.63) is 159 Å². The van der Waals surface area contributed by atoms with Crippen LogP contribution in [-0.4, -0.2) is 226 Å². The van der Waals surface area contributed by atoms with Crippen LogP contribution in [0.1, 0.15) is 50.1 Å². The summed E-state index contributed by atoms with van der Waals surface area (Å²) in [5.74, 6) is 17.9. The minimum Gasteiger partial charge on any atom is -0.446 e. The van der Waals surface area contributed by atoms with Crippen molar-refractivity contribution >= 4 is 234 Å². The lowest BCUT2D eigenvalue weighted by Gasteiger charge is -2.16. The minimum absolute atomic E-state index is 0.0632. The number of hydrogen-bond acceptors (Lipinski definition) is 63. The van der Waals surface area contributed by atoms with Crippen molar-refractivity contribution in [1.82, 2.24) is 135 Å². The molecule has 0 saturated heterocycles. The zero-order chi connectivity index (χ0) is 108. The van der Waals surface area contributed by atoms with Gasteiger partial charge in [0.25, 0.3) is 0 Å². The maximum Gasteiger partial charge on any atom is 0.238 e. The molecule has 63 heteroatoms. The zero-order valence-corrected chi connectivity index (χ0v) is 86.3. The Morgan fingerprint density at radius 1 is 0.203 bits per heavy atom. The van der Waals surface area contributed by atoms with Gasteiger partial charge < -0.3 is 140 Å². The van der Waals surface area contributed by atoms with E-state index >= 15 is 0 Å². The zero-order valence-electron chi connectivity index (χ0n) is 84.7. The molecule has 18 aromatic heterocycles. The van der Waals surface area contributed by atoms with E-state index in [9.17, 15) is 0 Å². The number of aromatic nitrogens is 27. The molecule has 0 saturated carbocycles. The second-order valence-electron chi connectivity index (χ2n) is 30.7. The maximum absolute atomic E-state index is 5.60. The molecule has 0 aromatic carbocycles. The number of anilines is 36. The Morgan fingerprint density at radius 2 is 0.426 bits per heavy atom. The Morgan fingerprint density at radius 3 is 0.723 bits per heavy atom. The quantitative estimate of drug-likeness (QED) is 0.0253. The second-order valence-corrected chi connectivity index (χ2v) is 33.3. The first kappa shape index (κ1) is 110. The molecule has 18 rings (SSSR count). The topological polar surface area (TPSA) is 866 Å². The van der Waals surface area contributed by atoms with Crippen LogP contribution in [0, 0.1) is 62.3 Å². The highest BCUT2D eigenvalue weighted by Gasteiger charge is 2.20. The van der Waals surface area contributed by atoms with Crippen LogP contribution in [0.4, 0.5) is 212 Å². The first-order valence-electron chi connectivity index (χ1n) is 43.7. The molecular formula is C85H116N54O7S2. The van der Waals surface area contributed by atoms with Crippen molar-refractivity contribution in [2.24, 2.45) is 0 Å². The van der Waals surface area contributed by atoms with Gasteiger partial charge in [-0.15, -0.1) is 22.7 Å². The lowest BCUT2D eigenvalue weighted by molar-refractivity contribution is 0.536. The number of nitrogen functional groups attached to an aromatic ring is 11. The van der Waals surface area contributed by atoms with Crippen LogP contribution in [0.5, 0.6) is 0 Å². The minimum atomic E-state index is 0.0632. The maximum atomic E-state index is 5.60. The molecule has 0 radical (unpaired) electrons. The van der Waals surface area contributed by atoms with Crippen LogP contribution in [0.25, 0.3) is 0 Å². The molecule has 18 aromatic rings. The Bertz CT molecular complexity index is 6920. The Labute approximate surface area is 854 Å². The number of aryl methyl sites for hydroxylation is 9. The SMILES string of the molecule is CNc1nc(N)nc(N(C)c2ccc(C)o2)n1.CNc1nc(N)nc(Nc2ccc(C)o2)n1.CNc1nc(NC)nc(Nc2ccc(C)o2)n1.Cc1ccc(N(C)c2nc(N)nc(N)n2)o1.Cc1ccc(N(C)c2nc(N)nc(N)n2)s1.Cc1ccc(Nc2nc(N(C)C)nc(N(C)C)n2)o1.Cc1ccc(Nc2nc(N)nc(N(C)C)n2)o1.Cc1ccc(Nc2nc(N)nc(N)n2)o1.Cc1ccc(Nc2nc(N)nc(N)n2)s1. The van der Waals surface area contributed by atoms with Crippen molar-refractivity contribution in [2.75, 3.05) is 237 Å². The number of thiophene rings is 2. The third-order valence-corrected chi connectivity index (χ3v) is 19.8. The van der Waals surface area contributed by atoms with Crippen LogP contribution in [0.3, 0.4) is 0 Å². The molecule has 18 heterocycles. The van der Waals surface area contributed by atoms with E-state index in [0.717, 1.165) is 50.3 Å². The summed E-state index contributed by atoms with van der Waals surface area (Å²) in [6, 6.07) is 33.6. The fraction of sp³-hybridized carbons (Fsp3) is 0.259. The van der Waals surface area contributed by atoms with E-state index in [1.165, 1.54) is 9.75 Å². The van der Waals surface area contributed by atoms with Crippen LogP contribution in [-0.2, 0) is 0 Å². The van der Waals surface area contributed by atoms with Crippen LogP contribution < -0.4 is 146 Å². The van der Waals surface area contributed by atoms with Crippen molar-refractivity contribution in [3.8, 4) is 0 Å². The molecule has 0 amide bonds. The molecule has 148 heavy (non-hydrogen) atoms. The summed E-state index contributed by atoms with van der Waals surface area (Å²) in [6.07, 6.45) is 0. The molecule has 0 aliphatic heterocycles. The predicted molar refractivity (Wildman–Crippen MR) is 574 cm³/mol. The number of nitrogens with two attached hydrogens (primary N) is 11. The van der Waals surface area contributed by atoms with Gasteiger partial charge in [-0.25, -0.2) is 0 Å². The first-order chi connectivity index (χ1) is 70.3. The van der Waals surface area contributed by atoms with Gasteiger partial charge in [-0.1, -0.05) is 0 Å². The normalized spacial score (nSPS) is 10.3. The monoisotopic (exact) mass is 2070 g/mol. The van der Waals surface area contributed by atoms with E-state index in [4.69, 9.17) is 94.0 Å². The molecule has 0 atom stereocenters. The summed E-state index contributed by atoms with van der Waals surface area (Å²) < 4.78 is 37.7. The van der Waals surface area contributed by atoms with Crippen molar-refractivity contribution in [2.45, 2.75) is 62.3 Å². The average Bonchev–Trinajstić information content (AvgIpc) is 1.53. The summed E-state index contributed by atoms with van der Waals surface area (Å²) in [5.41, 5.74) is 60.4. The van der Waals surface area contributed by atoms with E-state index in [1.807, 2.05) is 217 Å². The third kappa shape index (κ3) is 35.1. The Hall–Kier alpha value is -19.9. The summed E-state index contributed by atoms with van der Waals surface area (Å²) in [7, 11) is 23.5. The predicted octanol–water partition coefficient (Wildman–Crippen LogP) is 10.4. The van der Waals surface area contributed by atoms with Gasteiger partial charge in [0.2, 0.25) is 172 Å². The van der Waals surface area contributed by atoms with Gasteiger partial charge in [-0.2, -0.15) is 135 Å². The highest BCUT2D eigenvalue weighted by atomic mass is 32.1. The molecule has 0 spiro atoms. The van der Waals surface area contributed by atoms with Gasteiger partial charge in [-0.3, -0.25) is 36.4 Å². The van der Waals surface area contributed by atoms with Crippen molar-refractivity contribution in [1.29, 1.82) is 0 Å². The summed E-state index contributed by atoms with van der Waals surface area (Å²) in [6.45, 7) is 17.1. The summed E-state index contributed by atoms with van der Waals surface area (Å²) in [4.78, 5) is 121. The molecule has 0 aliphatic carbocycles. The molecule has 0 aliphatic rings. The van der Waals surface area contributed by atoms with Gasteiger partial charge in [0.1, 0.15) is 40.3 Å². The molecular weight excluding hydrogens is 1950 g/mol. The van der Waals surface area contributed by atoms with Gasteiger partial charge in [0.15, 0.2) is 29.4 Å². The van der Waals surface area contributed by atoms with Gasteiger partial charge in [-0.05, 0) is 129 Å². The number of hydrogen-bond donors (Lipinski definition) is 21. The standard InChI is InChI=1S/C12H18N6O.3C10H14N6O.2C9H12N6O.C9H12N6S.C8H10N6O.C8H10N6S/c1-8-6-7-9(19-8)13-10-14-11(17(2)3)16-12(15-10)18(4)5;1-6-4-5-7(17-6)12-9-13-8(11)14-10(15-9)16(2)3;1-6-4-5-7(17-6)16(3)10-14-8(11)13-9(12-2)15-10;1-6-4-5-7(17-6)13-10-15-8(11-2)14-9(12-3)16-10;1-5-3-4-6(16-5)15(2)9-13-7(10)12-8(11)14-9;1-5-3-4-6(16-5)12-9-14-7(10)13-8(11-2)15-9;1-5-3-4-6(16-5)15(2)9-13-7(10)12-8(11)14-9;2*1-4-2-3-5(15-4)11-8-13-6(9)12-7(10)14-8/h6-7H,1-5H3,(H,13,14,15,16);2*4-5H,1-3H3,(H3,11,12,13,14,15);4-5H,1-3H3,(H3,11,12,13,14,15,16);3-4H,1-2H3,(H4,10,11,12,13,14);3-4H,1-2H3,(H4,10,11,12,13,14,15);3-4H,1-2H3,(H4,10,11,12,13,14);2*2-3H,1H3,(H5,9,10,11,12,13,14). The van der Waals surface area contributed by atoms with Gasteiger partial charge in [0, 0.05) is 144 Å². The highest BCUT2D eigenvalue weighted by molar-refractivity contribution is 7.16. The van der Waals surface area contributed by atoms with E-state index in [0.29, 0.717) is 130 Å². The van der Waals surface area contributed by atoms with Gasteiger partial charge in [0.05, 0.1) is 10.0 Å². The van der Waals surface area contributed by atoms with Crippen LogP contribution >= 0.6 is 22.7 Å². The average molecular weight is 2070 g/mol.